The first kappa shape index (κ1) is 17.3. The summed E-state index contributed by atoms with van der Waals surface area (Å²) in [5, 5.41) is 20.2. The smallest absolute Gasteiger partial charge is 0.294 e. The van der Waals surface area contributed by atoms with Crippen LogP contribution in [0.25, 0.3) is 0 Å². The molecule has 2 heterocycles. The van der Waals surface area contributed by atoms with Crippen LogP contribution in [-0.4, -0.2) is 64.4 Å². The molecule has 1 atom stereocenters. The van der Waals surface area contributed by atoms with Crippen molar-refractivity contribution in [3.63, 3.8) is 0 Å². The lowest BCUT2D eigenvalue weighted by Crippen LogP contribution is -2.47. The molecule has 2 aromatic rings. The van der Waals surface area contributed by atoms with Gasteiger partial charge >= 0.3 is 0 Å². The van der Waals surface area contributed by atoms with E-state index >= 15 is 0 Å². The number of ether oxygens (including phenoxy) is 1. The van der Waals surface area contributed by atoms with E-state index in [4.69, 9.17) is 4.74 Å². The summed E-state index contributed by atoms with van der Waals surface area (Å²) in [5.41, 5.74) is 0.984. The first-order chi connectivity index (χ1) is 11.7. The Bertz CT molecular complexity index is 614. The van der Waals surface area contributed by atoms with Crippen LogP contribution >= 0.6 is 11.3 Å². The first-order valence-electron chi connectivity index (χ1n) is 8.37. The van der Waals surface area contributed by atoms with Crippen molar-refractivity contribution in [3.8, 4) is 5.19 Å². The summed E-state index contributed by atoms with van der Waals surface area (Å²) in [7, 11) is 0. The number of β-amino-alcohol motifs (C(OH)–C–C–N with tert-alkyl or cyclic N) is 1. The summed E-state index contributed by atoms with van der Waals surface area (Å²) >= 11 is 1.52. The fourth-order valence-electron chi connectivity index (χ4n) is 2.83. The fraction of sp³-hybridized carbons (Fsp3) is 0.529. The highest BCUT2D eigenvalue weighted by molar-refractivity contribution is 7.13. The Kier molecular flexibility index (Phi) is 6.14. The second-order valence-corrected chi connectivity index (χ2v) is 6.92. The Labute approximate surface area is 146 Å². The fourth-order valence-corrected chi connectivity index (χ4v) is 3.62. The molecule has 1 N–H and O–H groups in total. The number of rotatable bonds is 7. The van der Waals surface area contributed by atoms with Crippen molar-refractivity contribution in [3.05, 3.63) is 40.9 Å². The van der Waals surface area contributed by atoms with E-state index in [1.165, 1.54) is 11.3 Å². The molecule has 24 heavy (non-hydrogen) atoms. The van der Waals surface area contributed by atoms with Gasteiger partial charge in [0.05, 0.1) is 19.3 Å². The summed E-state index contributed by atoms with van der Waals surface area (Å²) in [5.74, 6) is 0. The zero-order valence-electron chi connectivity index (χ0n) is 14.0. The van der Waals surface area contributed by atoms with Crippen molar-refractivity contribution in [1.82, 2.24) is 20.0 Å². The van der Waals surface area contributed by atoms with Gasteiger partial charge in [-0.25, -0.2) is 0 Å². The highest BCUT2D eigenvalue weighted by atomic mass is 32.1. The van der Waals surface area contributed by atoms with E-state index in [1.807, 2.05) is 37.3 Å². The molecule has 1 fully saturated rings. The van der Waals surface area contributed by atoms with Crippen LogP contribution in [0.2, 0.25) is 0 Å². The minimum atomic E-state index is -0.422. The van der Waals surface area contributed by atoms with E-state index in [0.29, 0.717) is 18.3 Å². The van der Waals surface area contributed by atoms with E-state index in [0.717, 1.165) is 43.3 Å². The molecule has 0 radical (unpaired) electrons. The third-order valence-corrected chi connectivity index (χ3v) is 4.98. The standard InChI is InChI=1S/C17H24N4O2S/c1-2-23-17-19-18-16(24-17)13-21-10-8-20(9-11-21)12-15(22)14-6-4-3-5-7-14/h3-7,15,22H,2,8-13H2,1H3/t15-/m0/s1. The number of piperazine rings is 1. The molecule has 1 aliphatic rings. The molecular formula is C17H24N4O2S. The minimum Gasteiger partial charge on any atom is -0.469 e. The predicted octanol–water partition coefficient (Wildman–Crippen LogP) is 1.79. The van der Waals surface area contributed by atoms with E-state index < -0.39 is 6.10 Å². The van der Waals surface area contributed by atoms with Crippen LogP contribution in [0.15, 0.2) is 30.3 Å². The Morgan fingerprint density at radius 3 is 2.54 bits per heavy atom. The lowest BCUT2D eigenvalue weighted by Gasteiger charge is -2.35. The maximum absolute atomic E-state index is 10.3. The summed E-state index contributed by atoms with van der Waals surface area (Å²) < 4.78 is 5.37. The molecule has 0 amide bonds. The summed E-state index contributed by atoms with van der Waals surface area (Å²) in [4.78, 5) is 4.70. The average Bonchev–Trinajstić information content (AvgIpc) is 3.05. The largest absolute Gasteiger partial charge is 0.469 e. The zero-order chi connectivity index (χ0) is 16.8. The van der Waals surface area contributed by atoms with Gasteiger partial charge in [0.2, 0.25) is 0 Å². The van der Waals surface area contributed by atoms with Gasteiger partial charge in [-0.2, -0.15) is 0 Å². The zero-order valence-corrected chi connectivity index (χ0v) is 14.8. The first-order valence-corrected chi connectivity index (χ1v) is 9.19. The quantitative estimate of drug-likeness (QED) is 0.823. The molecule has 7 heteroatoms. The van der Waals surface area contributed by atoms with Crippen LogP contribution < -0.4 is 4.74 Å². The maximum atomic E-state index is 10.3. The van der Waals surface area contributed by atoms with E-state index in [9.17, 15) is 5.11 Å². The lowest BCUT2D eigenvalue weighted by atomic mass is 10.1. The van der Waals surface area contributed by atoms with Gasteiger partial charge in [0.1, 0.15) is 5.01 Å². The summed E-state index contributed by atoms with van der Waals surface area (Å²) in [6.07, 6.45) is -0.422. The molecule has 0 unspecified atom stereocenters. The average molecular weight is 348 g/mol. The van der Waals surface area contributed by atoms with Crippen LogP contribution in [0.4, 0.5) is 0 Å². The number of aliphatic hydroxyl groups is 1. The van der Waals surface area contributed by atoms with Gasteiger partial charge in [0.15, 0.2) is 0 Å². The Morgan fingerprint density at radius 2 is 1.83 bits per heavy atom. The predicted molar refractivity (Wildman–Crippen MR) is 94.2 cm³/mol. The van der Waals surface area contributed by atoms with Crippen LogP contribution in [0, 0.1) is 0 Å². The third-order valence-electron chi connectivity index (χ3n) is 4.16. The topological polar surface area (TPSA) is 61.7 Å². The van der Waals surface area contributed by atoms with Crippen molar-refractivity contribution in [2.24, 2.45) is 0 Å². The maximum Gasteiger partial charge on any atom is 0.294 e. The van der Waals surface area contributed by atoms with Gasteiger partial charge < -0.3 is 9.84 Å². The Balaban J connectivity index is 1.43. The van der Waals surface area contributed by atoms with Crippen LogP contribution in [0.1, 0.15) is 23.6 Å². The second-order valence-electron chi connectivity index (χ2n) is 5.90. The molecule has 6 nitrogen and oxygen atoms in total. The van der Waals surface area contributed by atoms with Crippen molar-refractivity contribution in [2.75, 3.05) is 39.3 Å². The van der Waals surface area contributed by atoms with Crippen LogP contribution in [-0.2, 0) is 6.54 Å². The van der Waals surface area contributed by atoms with Crippen LogP contribution in [0.5, 0.6) is 5.19 Å². The van der Waals surface area contributed by atoms with Gasteiger partial charge in [-0.05, 0) is 12.5 Å². The molecule has 1 aromatic heterocycles. The third kappa shape index (κ3) is 4.73. The molecule has 0 bridgehead atoms. The number of nitrogens with zero attached hydrogens (tertiary/aromatic N) is 4. The van der Waals surface area contributed by atoms with Gasteiger partial charge in [0, 0.05) is 32.7 Å². The van der Waals surface area contributed by atoms with E-state index in [1.54, 1.807) is 0 Å². The molecule has 0 aliphatic carbocycles. The van der Waals surface area contributed by atoms with Crippen molar-refractivity contribution in [1.29, 1.82) is 0 Å². The SMILES string of the molecule is CCOc1nnc(CN2CCN(C[C@H](O)c3ccccc3)CC2)s1. The van der Waals surface area contributed by atoms with Crippen molar-refractivity contribution >= 4 is 11.3 Å². The second kappa shape index (κ2) is 8.53. The molecule has 1 aromatic carbocycles. The van der Waals surface area contributed by atoms with E-state index in [2.05, 4.69) is 20.0 Å². The summed E-state index contributed by atoms with van der Waals surface area (Å²) in [6.45, 7) is 7.95. The normalized spacial score (nSPS) is 17.8. The number of aliphatic hydroxyl groups excluding tert-OH is 1. The van der Waals surface area contributed by atoms with Gasteiger partial charge in [0.25, 0.3) is 5.19 Å². The number of aromatic nitrogens is 2. The Morgan fingerprint density at radius 1 is 1.12 bits per heavy atom. The molecule has 1 aliphatic heterocycles. The van der Waals surface area contributed by atoms with Crippen molar-refractivity contribution in [2.45, 2.75) is 19.6 Å². The highest BCUT2D eigenvalue weighted by Gasteiger charge is 2.21. The molecule has 1 saturated heterocycles. The minimum absolute atomic E-state index is 0.422. The van der Waals surface area contributed by atoms with Gasteiger partial charge in [-0.15, -0.1) is 10.2 Å². The lowest BCUT2D eigenvalue weighted by molar-refractivity contribution is 0.0700. The molecular weight excluding hydrogens is 324 g/mol. The monoisotopic (exact) mass is 348 g/mol. The van der Waals surface area contributed by atoms with Gasteiger partial charge in [-0.1, -0.05) is 41.7 Å². The Hall–Kier alpha value is -1.54. The number of hydrogen-bond donors (Lipinski definition) is 1. The molecule has 3 rings (SSSR count). The molecule has 0 saturated carbocycles. The van der Waals surface area contributed by atoms with Crippen LogP contribution in [0.3, 0.4) is 0 Å². The summed E-state index contributed by atoms with van der Waals surface area (Å²) in [6, 6.07) is 9.86. The van der Waals surface area contributed by atoms with Crippen molar-refractivity contribution < 1.29 is 9.84 Å². The number of hydrogen-bond acceptors (Lipinski definition) is 7. The highest BCUT2D eigenvalue weighted by Crippen LogP contribution is 2.20. The van der Waals surface area contributed by atoms with Gasteiger partial charge in [-0.3, -0.25) is 9.80 Å². The molecule has 130 valence electrons. The molecule has 0 spiro atoms. The van der Waals surface area contributed by atoms with E-state index in [-0.39, 0.29) is 0 Å². The number of benzene rings is 1.